The molecule has 0 fully saturated rings. The smallest absolute Gasteiger partial charge is 1.00 e. The van der Waals surface area contributed by atoms with Crippen molar-refractivity contribution in [1.29, 1.82) is 0 Å². The van der Waals surface area contributed by atoms with Crippen LogP contribution in [0.25, 0.3) is 0 Å². The van der Waals surface area contributed by atoms with Gasteiger partial charge in [-0.3, -0.25) is 9.59 Å². The summed E-state index contributed by atoms with van der Waals surface area (Å²) in [5.41, 5.74) is -1.58. The van der Waals surface area contributed by atoms with Crippen molar-refractivity contribution in [3.63, 3.8) is 0 Å². The Morgan fingerprint density at radius 2 is 0.821 bits per heavy atom. The van der Waals surface area contributed by atoms with E-state index >= 15 is 0 Å². The van der Waals surface area contributed by atoms with Gasteiger partial charge in [-0.15, -0.1) is 0 Å². The average Bonchev–Trinajstić information content (AvgIpc) is 2.63. The van der Waals surface area contributed by atoms with Gasteiger partial charge in [0.05, 0.1) is 0 Å². The molecule has 0 spiro atoms. The molecule has 164 valence electrons. The molecule has 0 aromatic carbocycles. The van der Waals surface area contributed by atoms with Crippen LogP contribution in [0.4, 0.5) is 0 Å². The molecular formula is C23H46CaO4. The molecule has 4 nitrogen and oxygen atoms in total. The molecule has 0 aliphatic heterocycles. The molecule has 0 aromatic heterocycles. The van der Waals surface area contributed by atoms with Crippen molar-refractivity contribution in [2.75, 3.05) is 0 Å². The molecular weight excluding hydrogens is 380 g/mol. The predicted molar refractivity (Wildman–Crippen MR) is 120 cm³/mol. The number of aliphatic carboxylic acids is 2. The molecule has 0 amide bonds. The maximum Gasteiger partial charge on any atom is 2.00 e. The Morgan fingerprint density at radius 3 is 1.07 bits per heavy atom. The summed E-state index contributed by atoms with van der Waals surface area (Å²) in [6.45, 7) is 4.38. The van der Waals surface area contributed by atoms with Crippen LogP contribution in [-0.2, 0) is 9.59 Å². The predicted octanol–water partition coefficient (Wildman–Crippen LogP) is 7.05. The van der Waals surface area contributed by atoms with Gasteiger partial charge < -0.3 is 13.1 Å². The van der Waals surface area contributed by atoms with Gasteiger partial charge >= 0.3 is 49.7 Å². The zero-order chi connectivity index (χ0) is 20.4. The molecule has 5 heteroatoms. The molecule has 0 aliphatic rings. The number of hydrogen-bond acceptors (Lipinski definition) is 2. The second-order valence-corrected chi connectivity index (χ2v) is 8.14. The van der Waals surface area contributed by atoms with E-state index in [0.717, 1.165) is 32.1 Å². The number of carboxylic acid groups (broad SMARTS) is 2. The van der Waals surface area contributed by atoms with Crippen LogP contribution in [0.3, 0.4) is 0 Å². The van der Waals surface area contributed by atoms with Crippen molar-refractivity contribution in [2.45, 2.75) is 129 Å². The third-order valence-corrected chi connectivity index (χ3v) is 5.73. The van der Waals surface area contributed by atoms with E-state index in [-0.39, 0.29) is 53.4 Å². The zero-order valence-corrected chi connectivity index (χ0v) is 20.9. The van der Waals surface area contributed by atoms with E-state index < -0.39 is 17.4 Å². The maximum absolute atomic E-state index is 11.7. The molecule has 0 bridgehead atoms. The fraction of sp³-hybridized carbons (Fsp3) is 0.913. The van der Waals surface area contributed by atoms with E-state index in [1.807, 2.05) is 0 Å². The maximum atomic E-state index is 11.7. The Bertz CT molecular complexity index is 381. The fourth-order valence-electron chi connectivity index (χ4n) is 3.77. The van der Waals surface area contributed by atoms with Gasteiger partial charge in [0.1, 0.15) is 0 Å². The first kappa shape index (κ1) is 30.4. The Kier molecular flexibility index (Phi) is 22.2. The van der Waals surface area contributed by atoms with Crippen LogP contribution < -0.4 is 0 Å². The Morgan fingerprint density at radius 1 is 0.571 bits per heavy atom. The minimum atomic E-state index is -1.58. The van der Waals surface area contributed by atoms with Crippen molar-refractivity contribution in [3.8, 4) is 0 Å². The van der Waals surface area contributed by atoms with E-state index in [1.165, 1.54) is 57.8 Å². The summed E-state index contributed by atoms with van der Waals surface area (Å²) in [4.78, 5) is 23.5. The van der Waals surface area contributed by atoms with Gasteiger partial charge in [-0.25, -0.2) is 0 Å². The van der Waals surface area contributed by atoms with Gasteiger partial charge in [-0.2, -0.15) is 0 Å². The van der Waals surface area contributed by atoms with Crippen LogP contribution in [0, 0.1) is 5.41 Å². The van der Waals surface area contributed by atoms with Crippen LogP contribution in [0.2, 0.25) is 0 Å². The molecule has 0 rings (SSSR count). The van der Waals surface area contributed by atoms with Crippen LogP contribution >= 0.6 is 0 Å². The summed E-state index contributed by atoms with van der Waals surface area (Å²) < 4.78 is 0. The number of carboxylic acids is 2. The fourth-order valence-corrected chi connectivity index (χ4v) is 3.77. The second-order valence-electron chi connectivity index (χ2n) is 8.14. The van der Waals surface area contributed by atoms with Gasteiger partial charge in [0.15, 0.2) is 5.41 Å². The minimum absolute atomic E-state index is 0. The number of hydrogen-bond donors (Lipinski definition) is 2. The van der Waals surface area contributed by atoms with Gasteiger partial charge in [-0.1, -0.05) is 117 Å². The summed E-state index contributed by atoms with van der Waals surface area (Å²) in [7, 11) is 0. The van der Waals surface area contributed by atoms with Gasteiger partial charge in [0.2, 0.25) is 0 Å². The molecule has 0 heterocycles. The van der Waals surface area contributed by atoms with E-state index in [1.54, 1.807) is 0 Å². The van der Waals surface area contributed by atoms with E-state index in [2.05, 4.69) is 13.8 Å². The first-order valence-electron chi connectivity index (χ1n) is 11.5. The number of carbonyl (C=O) groups is 2. The van der Waals surface area contributed by atoms with Crippen LogP contribution in [0.5, 0.6) is 0 Å². The van der Waals surface area contributed by atoms with Crippen molar-refractivity contribution < 1.29 is 22.7 Å². The van der Waals surface area contributed by atoms with Gasteiger partial charge in [0, 0.05) is 0 Å². The first-order chi connectivity index (χ1) is 13.0. The summed E-state index contributed by atoms with van der Waals surface area (Å²) in [5, 5.41) is 19.2. The first-order valence-corrected chi connectivity index (χ1v) is 11.5. The third kappa shape index (κ3) is 14.2. The second kappa shape index (κ2) is 20.5. The normalized spacial score (nSPS) is 11.2. The van der Waals surface area contributed by atoms with Crippen molar-refractivity contribution in [2.24, 2.45) is 5.41 Å². The number of unbranched alkanes of at least 4 members (excludes halogenated alkanes) is 14. The molecule has 0 unspecified atom stereocenters. The van der Waals surface area contributed by atoms with E-state index in [9.17, 15) is 19.8 Å². The molecule has 0 aliphatic carbocycles. The Labute approximate surface area is 206 Å². The Balaban J connectivity index is -0.00000113. The van der Waals surface area contributed by atoms with E-state index in [4.69, 9.17) is 0 Å². The van der Waals surface area contributed by atoms with Crippen LogP contribution in [-0.4, -0.2) is 59.9 Å². The summed E-state index contributed by atoms with van der Waals surface area (Å²) in [6.07, 6.45) is 18.4. The van der Waals surface area contributed by atoms with Crippen molar-refractivity contribution in [1.82, 2.24) is 0 Å². The van der Waals surface area contributed by atoms with Crippen molar-refractivity contribution >= 4 is 49.7 Å². The molecule has 0 radical (unpaired) electrons. The molecule has 0 saturated heterocycles. The molecule has 0 atom stereocenters. The summed E-state index contributed by atoms with van der Waals surface area (Å²) in [6, 6.07) is 0. The summed E-state index contributed by atoms with van der Waals surface area (Å²) >= 11 is 0. The SMILES string of the molecule is CCCCCCCCCCCCC(CCCCCCCC)(C(=O)O)C(=O)O.[Ca+2].[H-].[H-]. The molecule has 28 heavy (non-hydrogen) atoms. The quantitative estimate of drug-likeness (QED) is 0.124. The zero-order valence-electron chi connectivity index (χ0n) is 20.6. The molecule has 0 saturated carbocycles. The number of rotatable bonds is 20. The van der Waals surface area contributed by atoms with Crippen LogP contribution in [0.15, 0.2) is 0 Å². The van der Waals surface area contributed by atoms with Crippen molar-refractivity contribution in [3.05, 3.63) is 0 Å². The van der Waals surface area contributed by atoms with Gasteiger partial charge in [0.25, 0.3) is 0 Å². The monoisotopic (exact) mass is 426 g/mol. The summed E-state index contributed by atoms with van der Waals surface area (Å²) in [5.74, 6) is -2.31. The standard InChI is InChI=1S/C23H44O4.Ca.2H/c1-3-5-7-9-11-12-13-14-16-18-20-23(21(24)25,22(26)27)19-17-15-10-8-6-4-2;;;/h3-20H2,1-2H3,(H,24,25)(H,26,27);;;/q;+2;2*-1. The Hall–Kier alpha value is 0.200. The largest absolute Gasteiger partial charge is 2.00 e. The topological polar surface area (TPSA) is 74.6 Å². The average molecular weight is 427 g/mol. The molecule has 2 N–H and O–H groups in total. The van der Waals surface area contributed by atoms with Gasteiger partial charge in [-0.05, 0) is 12.8 Å². The van der Waals surface area contributed by atoms with E-state index in [0.29, 0.717) is 12.8 Å². The van der Waals surface area contributed by atoms with Crippen LogP contribution in [0.1, 0.15) is 132 Å². The minimum Gasteiger partial charge on any atom is -1.00 e. The third-order valence-electron chi connectivity index (χ3n) is 5.73. The molecule has 0 aromatic rings.